The smallest absolute Gasteiger partial charge is 0.0829 e. The Morgan fingerprint density at radius 2 is 2.08 bits per heavy atom. The predicted molar refractivity (Wildman–Crippen MR) is 51.8 cm³/mol. The van der Waals surface area contributed by atoms with E-state index in [4.69, 9.17) is 6.42 Å². The van der Waals surface area contributed by atoms with Gasteiger partial charge >= 0.3 is 0 Å². The highest BCUT2D eigenvalue weighted by molar-refractivity contribution is 4.97. The fourth-order valence-electron chi connectivity index (χ4n) is 1.18. The number of aliphatic hydroxyl groups excluding tert-OH is 1. The molecule has 0 rings (SSSR count). The largest absolute Gasteiger partial charge is 0.390 e. The van der Waals surface area contributed by atoms with Gasteiger partial charge in [0.1, 0.15) is 0 Å². The maximum Gasteiger partial charge on any atom is 0.0829 e. The van der Waals surface area contributed by atoms with E-state index in [2.05, 4.69) is 12.8 Å². The second-order valence-electron chi connectivity index (χ2n) is 3.53. The number of aliphatic hydroxyl groups is 1. The Labute approximate surface area is 75.6 Å². The molecule has 0 saturated carbocycles. The Hall–Kier alpha value is -0.520. The summed E-state index contributed by atoms with van der Waals surface area (Å²) in [5, 5.41) is 9.75. The van der Waals surface area contributed by atoms with Crippen LogP contribution < -0.4 is 0 Å². The van der Waals surface area contributed by atoms with E-state index >= 15 is 0 Å². The van der Waals surface area contributed by atoms with Crippen LogP contribution >= 0.6 is 0 Å². The average Bonchev–Trinajstić information content (AvgIpc) is 2.03. The molecule has 0 amide bonds. The van der Waals surface area contributed by atoms with E-state index in [0.29, 0.717) is 6.42 Å². The molecular weight excluding hydrogens is 150 g/mol. The molecule has 0 fully saturated rings. The molecule has 12 heavy (non-hydrogen) atoms. The monoisotopic (exact) mass is 169 g/mol. The van der Waals surface area contributed by atoms with Crippen molar-refractivity contribution in [2.45, 2.75) is 38.3 Å². The van der Waals surface area contributed by atoms with Gasteiger partial charge in [-0.25, -0.2) is 0 Å². The Kier molecular flexibility index (Phi) is 4.30. The molecule has 0 aromatic rings. The topological polar surface area (TPSA) is 23.5 Å². The lowest BCUT2D eigenvalue weighted by Crippen LogP contribution is -2.50. The highest BCUT2D eigenvalue weighted by atomic mass is 16.3. The van der Waals surface area contributed by atoms with E-state index in [0.717, 1.165) is 6.42 Å². The molecule has 0 aliphatic carbocycles. The summed E-state index contributed by atoms with van der Waals surface area (Å²) in [7, 11) is 3.92. The van der Waals surface area contributed by atoms with E-state index in [1.807, 2.05) is 25.9 Å². The van der Waals surface area contributed by atoms with Gasteiger partial charge in [0, 0.05) is 12.0 Å². The summed E-state index contributed by atoms with van der Waals surface area (Å²) in [6.07, 6.45) is 6.02. The van der Waals surface area contributed by atoms with Crippen LogP contribution in [0.3, 0.4) is 0 Å². The fraction of sp³-hybridized carbons (Fsp3) is 0.800. The van der Waals surface area contributed by atoms with Gasteiger partial charge < -0.3 is 10.0 Å². The molecule has 2 heteroatoms. The van der Waals surface area contributed by atoms with Crippen LogP contribution in [0.1, 0.15) is 26.7 Å². The first-order valence-corrected chi connectivity index (χ1v) is 4.28. The molecule has 0 radical (unpaired) electrons. The van der Waals surface area contributed by atoms with Crippen LogP contribution in [0.5, 0.6) is 0 Å². The molecule has 0 aliphatic rings. The summed E-state index contributed by atoms with van der Waals surface area (Å²) in [6, 6.07) is 0. The third kappa shape index (κ3) is 2.23. The minimum atomic E-state index is -0.442. The normalized spacial score (nSPS) is 18.4. The van der Waals surface area contributed by atoms with Gasteiger partial charge in [0.15, 0.2) is 0 Å². The summed E-state index contributed by atoms with van der Waals surface area (Å²) in [6.45, 7) is 4.08. The van der Waals surface area contributed by atoms with Crippen molar-refractivity contribution >= 4 is 0 Å². The lowest BCUT2D eigenvalue weighted by Gasteiger charge is -2.39. The zero-order chi connectivity index (χ0) is 9.78. The van der Waals surface area contributed by atoms with Crippen LogP contribution in [-0.4, -0.2) is 35.7 Å². The van der Waals surface area contributed by atoms with Crippen LogP contribution in [0.15, 0.2) is 0 Å². The molecule has 1 N–H and O–H groups in total. The Morgan fingerprint density at radius 1 is 1.58 bits per heavy atom. The third-order valence-corrected chi connectivity index (χ3v) is 2.77. The quantitative estimate of drug-likeness (QED) is 0.637. The van der Waals surface area contributed by atoms with Gasteiger partial charge in [-0.1, -0.05) is 6.92 Å². The van der Waals surface area contributed by atoms with E-state index in [1.165, 1.54) is 0 Å². The number of likely N-dealkylation sites (N-methyl/N-ethyl adjacent to an activating group) is 1. The summed E-state index contributed by atoms with van der Waals surface area (Å²) in [5.74, 6) is 2.49. The van der Waals surface area contributed by atoms with E-state index in [1.54, 1.807) is 0 Å². The van der Waals surface area contributed by atoms with Gasteiger partial charge in [0.05, 0.1) is 6.10 Å². The highest BCUT2D eigenvalue weighted by Gasteiger charge is 2.32. The molecule has 2 atom stereocenters. The number of hydrogen-bond donors (Lipinski definition) is 1. The van der Waals surface area contributed by atoms with Crippen molar-refractivity contribution in [2.75, 3.05) is 14.1 Å². The molecule has 2 nitrogen and oxygen atoms in total. The second kappa shape index (κ2) is 4.49. The Balaban J connectivity index is 4.42. The molecule has 0 aliphatic heterocycles. The van der Waals surface area contributed by atoms with E-state index in [-0.39, 0.29) is 5.54 Å². The van der Waals surface area contributed by atoms with Gasteiger partial charge in [0.25, 0.3) is 0 Å². The Bertz CT molecular complexity index is 171. The zero-order valence-electron chi connectivity index (χ0n) is 8.46. The van der Waals surface area contributed by atoms with Gasteiger partial charge in [-0.05, 0) is 27.4 Å². The first-order chi connectivity index (χ1) is 5.49. The Morgan fingerprint density at radius 3 is 2.33 bits per heavy atom. The number of hydrogen-bond acceptors (Lipinski definition) is 2. The zero-order valence-corrected chi connectivity index (χ0v) is 8.46. The van der Waals surface area contributed by atoms with Gasteiger partial charge in [-0.2, -0.15) is 0 Å². The van der Waals surface area contributed by atoms with Gasteiger partial charge in [0.2, 0.25) is 0 Å². The molecule has 0 aromatic heterocycles. The first-order valence-electron chi connectivity index (χ1n) is 4.28. The van der Waals surface area contributed by atoms with Crippen molar-refractivity contribution in [3.63, 3.8) is 0 Å². The summed E-state index contributed by atoms with van der Waals surface area (Å²) < 4.78 is 0. The number of nitrogens with zero attached hydrogens (tertiary/aromatic N) is 1. The molecule has 2 unspecified atom stereocenters. The summed E-state index contributed by atoms with van der Waals surface area (Å²) in [4.78, 5) is 2.02. The molecular formula is C10H19NO. The molecule has 0 spiro atoms. The van der Waals surface area contributed by atoms with E-state index in [9.17, 15) is 5.11 Å². The van der Waals surface area contributed by atoms with Crippen molar-refractivity contribution < 1.29 is 5.11 Å². The van der Waals surface area contributed by atoms with Gasteiger partial charge in [-0.15, -0.1) is 12.3 Å². The van der Waals surface area contributed by atoms with Crippen LogP contribution in [0, 0.1) is 12.3 Å². The number of rotatable bonds is 4. The molecule has 70 valence electrons. The van der Waals surface area contributed by atoms with Crippen molar-refractivity contribution in [1.82, 2.24) is 4.90 Å². The van der Waals surface area contributed by atoms with Crippen molar-refractivity contribution in [3.05, 3.63) is 0 Å². The van der Waals surface area contributed by atoms with Crippen LogP contribution in [-0.2, 0) is 0 Å². The second-order valence-corrected chi connectivity index (χ2v) is 3.53. The lowest BCUT2D eigenvalue weighted by atomic mass is 9.88. The minimum absolute atomic E-state index is 0.202. The summed E-state index contributed by atoms with van der Waals surface area (Å²) in [5.41, 5.74) is -0.202. The average molecular weight is 169 g/mol. The highest BCUT2D eigenvalue weighted by Crippen LogP contribution is 2.22. The molecule has 0 saturated heterocycles. The number of terminal acetylenes is 1. The van der Waals surface area contributed by atoms with E-state index < -0.39 is 6.10 Å². The fourth-order valence-corrected chi connectivity index (χ4v) is 1.18. The maximum absolute atomic E-state index is 9.75. The van der Waals surface area contributed by atoms with Crippen LogP contribution in [0.2, 0.25) is 0 Å². The van der Waals surface area contributed by atoms with Crippen LogP contribution in [0.4, 0.5) is 0 Å². The standard InChI is InChI=1S/C10H19NO/c1-6-8-9(12)10(3,7-2)11(4)5/h1,9,12H,7-8H2,2-5H3. The molecule has 0 bridgehead atoms. The van der Waals surface area contributed by atoms with Gasteiger partial charge in [-0.3, -0.25) is 0 Å². The third-order valence-electron chi connectivity index (χ3n) is 2.77. The SMILES string of the molecule is C#CCC(O)C(C)(CC)N(C)C. The minimum Gasteiger partial charge on any atom is -0.390 e. The maximum atomic E-state index is 9.75. The van der Waals surface area contributed by atoms with Crippen LogP contribution in [0.25, 0.3) is 0 Å². The summed E-state index contributed by atoms with van der Waals surface area (Å²) >= 11 is 0. The lowest BCUT2D eigenvalue weighted by molar-refractivity contribution is 0.00592. The van der Waals surface area contributed by atoms with Crippen molar-refractivity contribution in [3.8, 4) is 12.3 Å². The predicted octanol–water partition coefficient (Wildman–Crippen LogP) is 1.10. The molecule has 0 heterocycles. The first kappa shape index (κ1) is 11.5. The van der Waals surface area contributed by atoms with Crippen molar-refractivity contribution in [1.29, 1.82) is 0 Å². The molecule has 0 aromatic carbocycles. The van der Waals surface area contributed by atoms with Crippen molar-refractivity contribution in [2.24, 2.45) is 0 Å².